The number of thioether (sulfide) groups is 1. The van der Waals surface area contributed by atoms with E-state index in [9.17, 15) is 9.59 Å². The van der Waals surface area contributed by atoms with Gasteiger partial charge in [-0.15, -0.1) is 10.2 Å². The predicted molar refractivity (Wildman–Crippen MR) is 126 cm³/mol. The molecule has 1 fully saturated rings. The van der Waals surface area contributed by atoms with Crippen molar-refractivity contribution in [2.45, 2.75) is 24.9 Å². The lowest BCUT2D eigenvalue weighted by Crippen LogP contribution is -2.42. The maximum atomic E-state index is 12.8. The molecule has 1 aromatic carbocycles. The predicted octanol–water partition coefficient (Wildman–Crippen LogP) is 2.95. The second kappa shape index (κ2) is 10.5. The van der Waals surface area contributed by atoms with E-state index in [4.69, 9.17) is 4.74 Å². The number of carbonyl (C=O) groups excluding carboxylic acids is 2. The van der Waals surface area contributed by atoms with Crippen molar-refractivity contribution in [3.8, 4) is 11.4 Å². The molecule has 2 aromatic heterocycles. The molecule has 9 nitrogen and oxygen atoms in total. The molecule has 0 aliphatic carbocycles. The lowest BCUT2D eigenvalue weighted by molar-refractivity contribution is -0.132. The van der Waals surface area contributed by atoms with E-state index in [0.717, 1.165) is 17.0 Å². The minimum Gasteiger partial charge on any atom is -0.497 e. The highest BCUT2D eigenvalue weighted by Gasteiger charge is 2.27. The number of benzene rings is 1. The molecule has 0 saturated carbocycles. The number of rotatable bonds is 7. The van der Waals surface area contributed by atoms with Crippen molar-refractivity contribution in [2.24, 2.45) is 5.92 Å². The smallest absolute Gasteiger partial charge is 0.233 e. The Bertz CT molecular complexity index is 1110. The lowest BCUT2D eigenvalue weighted by Gasteiger charge is -2.31. The molecule has 3 heterocycles. The van der Waals surface area contributed by atoms with E-state index < -0.39 is 0 Å². The standard InChI is InChI=1S/C23H26N6O3S/c1-16-7-10-24-20(13-16)26-22(31)17-8-11-28(12-9-17)21(30)14-33-23-27-25-15-29(23)18-3-5-19(32-2)6-4-18/h3-7,10,13,15,17H,8-9,11-12,14H2,1-2H3,(H,24,26,31). The number of piperidine rings is 1. The summed E-state index contributed by atoms with van der Waals surface area (Å²) in [5.41, 5.74) is 1.94. The van der Waals surface area contributed by atoms with Gasteiger partial charge in [-0.25, -0.2) is 4.98 Å². The Labute approximate surface area is 196 Å². The van der Waals surface area contributed by atoms with Gasteiger partial charge in [0.2, 0.25) is 11.8 Å². The van der Waals surface area contributed by atoms with Crippen LogP contribution in [0.4, 0.5) is 5.82 Å². The highest BCUT2D eigenvalue weighted by molar-refractivity contribution is 7.99. The van der Waals surface area contributed by atoms with Gasteiger partial charge in [0.1, 0.15) is 17.9 Å². The third kappa shape index (κ3) is 5.70. The van der Waals surface area contributed by atoms with Gasteiger partial charge in [-0.05, 0) is 61.7 Å². The number of amides is 2. The van der Waals surface area contributed by atoms with Gasteiger partial charge in [0.15, 0.2) is 5.16 Å². The number of pyridine rings is 1. The second-order valence-electron chi connectivity index (χ2n) is 7.83. The Balaban J connectivity index is 1.27. The molecule has 3 aromatic rings. The van der Waals surface area contributed by atoms with Gasteiger partial charge < -0.3 is 15.0 Å². The third-order valence-corrected chi connectivity index (χ3v) is 6.50. The maximum Gasteiger partial charge on any atom is 0.233 e. The van der Waals surface area contributed by atoms with Crippen LogP contribution >= 0.6 is 11.8 Å². The summed E-state index contributed by atoms with van der Waals surface area (Å²) < 4.78 is 7.04. The zero-order valence-electron chi connectivity index (χ0n) is 18.6. The Hall–Kier alpha value is -3.40. The van der Waals surface area contributed by atoms with E-state index in [1.807, 2.05) is 52.8 Å². The summed E-state index contributed by atoms with van der Waals surface area (Å²) in [6.45, 7) is 3.08. The summed E-state index contributed by atoms with van der Waals surface area (Å²) in [5, 5.41) is 11.7. The first kappa shape index (κ1) is 22.8. The first-order chi connectivity index (χ1) is 16.0. The number of hydrogen-bond donors (Lipinski definition) is 1. The quantitative estimate of drug-likeness (QED) is 0.534. The van der Waals surface area contributed by atoms with Crippen molar-refractivity contribution in [3.63, 3.8) is 0 Å². The van der Waals surface area contributed by atoms with Crippen LogP contribution in [0.15, 0.2) is 54.1 Å². The number of nitrogens with one attached hydrogen (secondary N) is 1. The Morgan fingerprint density at radius 1 is 1.18 bits per heavy atom. The molecule has 4 rings (SSSR count). The van der Waals surface area contributed by atoms with Crippen molar-refractivity contribution in [1.82, 2.24) is 24.6 Å². The summed E-state index contributed by atoms with van der Waals surface area (Å²) in [4.78, 5) is 31.3. The molecule has 2 amide bonds. The minimum atomic E-state index is -0.123. The highest BCUT2D eigenvalue weighted by atomic mass is 32.2. The van der Waals surface area contributed by atoms with Gasteiger partial charge >= 0.3 is 0 Å². The summed E-state index contributed by atoms with van der Waals surface area (Å²) in [7, 11) is 1.62. The molecule has 0 radical (unpaired) electrons. The monoisotopic (exact) mass is 466 g/mol. The van der Waals surface area contributed by atoms with Crippen LogP contribution in [0.2, 0.25) is 0 Å². The van der Waals surface area contributed by atoms with Gasteiger partial charge in [-0.1, -0.05) is 11.8 Å². The van der Waals surface area contributed by atoms with E-state index in [1.54, 1.807) is 19.6 Å². The largest absolute Gasteiger partial charge is 0.497 e. The van der Waals surface area contributed by atoms with Crippen LogP contribution in [-0.4, -0.2) is 62.4 Å². The number of aryl methyl sites for hydroxylation is 1. The summed E-state index contributed by atoms with van der Waals surface area (Å²) in [6, 6.07) is 11.3. The molecule has 1 N–H and O–H groups in total. The lowest BCUT2D eigenvalue weighted by atomic mass is 9.96. The van der Waals surface area contributed by atoms with Crippen LogP contribution < -0.4 is 10.1 Å². The maximum absolute atomic E-state index is 12.8. The second-order valence-corrected chi connectivity index (χ2v) is 8.78. The first-order valence-corrected chi connectivity index (χ1v) is 11.7. The van der Waals surface area contributed by atoms with E-state index in [1.165, 1.54) is 11.8 Å². The average Bonchev–Trinajstić information content (AvgIpc) is 3.31. The molecule has 33 heavy (non-hydrogen) atoms. The average molecular weight is 467 g/mol. The number of carbonyl (C=O) groups is 2. The van der Waals surface area contributed by atoms with Gasteiger partial charge in [-0.2, -0.15) is 0 Å². The van der Waals surface area contributed by atoms with E-state index in [0.29, 0.717) is 36.9 Å². The van der Waals surface area contributed by atoms with Crippen LogP contribution in [0.5, 0.6) is 5.75 Å². The van der Waals surface area contributed by atoms with Crippen molar-refractivity contribution in [2.75, 3.05) is 31.3 Å². The van der Waals surface area contributed by atoms with Crippen molar-refractivity contribution in [1.29, 1.82) is 0 Å². The SMILES string of the molecule is COc1ccc(-n2cnnc2SCC(=O)N2CCC(C(=O)Nc3cc(C)ccn3)CC2)cc1. The van der Waals surface area contributed by atoms with Crippen LogP contribution in [-0.2, 0) is 9.59 Å². The van der Waals surface area contributed by atoms with Crippen molar-refractivity contribution in [3.05, 3.63) is 54.5 Å². The van der Waals surface area contributed by atoms with Crippen LogP contribution in [0.3, 0.4) is 0 Å². The number of likely N-dealkylation sites (tertiary alicyclic amines) is 1. The summed E-state index contributed by atoms with van der Waals surface area (Å²) in [6.07, 6.45) is 4.58. The van der Waals surface area contributed by atoms with Gasteiger partial charge in [0.05, 0.1) is 12.9 Å². The van der Waals surface area contributed by atoms with Gasteiger partial charge in [-0.3, -0.25) is 14.2 Å². The number of aromatic nitrogens is 4. The minimum absolute atomic E-state index is 0.0310. The molecule has 1 aliphatic heterocycles. The summed E-state index contributed by atoms with van der Waals surface area (Å²) >= 11 is 1.35. The molecular formula is C23H26N6O3S. The van der Waals surface area contributed by atoms with Crippen LogP contribution in [0, 0.1) is 12.8 Å². The molecule has 1 aliphatic rings. The Kier molecular flexibility index (Phi) is 7.23. The van der Waals surface area contributed by atoms with Gasteiger partial charge in [0.25, 0.3) is 0 Å². The molecule has 1 saturated heterocycles. The fourth-order valence-corrected chi connectivity index (χ4v) is 4.52. The van der Waals surface area contributed by atoms with Crippen LogP contribution in [0.25, 0.3) is 5.69 Å². The number of anilines is 1. The number of methoxy groups -OCH3 is 1. The van der Waals surface area contributed by atoms with Crippen molar-refractivity contribution < 1.29 is 14.3 Å². The normalized spacial score (nSPS) is 14.2. The molecule has 172 valence electrons. The van der Waals surface area contributed by atoms with E-state index in [2.05, 4.69) is 20.5 Å². The van der Waals surface area contributed by atoms with Crippen molar-refractivity contribution >= 4 is 29.4 Å². The molecule has 0 spiro atoms. The zero-order valence-corrected chi connectivity index (χ0v) is 19.4. The topological polar surface area (TPSA) is 102 Å². The Morgan fingerprint density at radius 2 is 1.94 bits per heavy atom. The summed E-state index contributed by atoms with van der Waals surface area (Å²) in [5.74, 6) is 1.46. The molecule has 0 atom stereocenters. The van der Waals surface area contributed by atoms with E-state index >= 15 is 0 Å². The number of ether oxygens (including phenoxy) is 1. The molecule has 0 bridgehead atoms. The van der Waals surface area contributed by atoms with Gasteiger partial charge in [0, 0.05) is 30.9 Å². The fraction of sp³-hybridized carbons (Fsp3) is 0.348. The molecule has 0 unspecified atom stereocenters. The molecule has 10 heteroatoms. The zero-order chi connectivity index (χ0) is 23.2. The number of nitrogens with zero attached hydrogens (tertiary/aromatic N) is 5. The number of hydrogen-bond acceptors (Lipinski definition) is 7. The van der Waals surface area contributed by atoms with E-state index in [-0.39, 0.29) is 23.5 Å². The van der Waals surface area contributed by atoms with Crippen LogP contribution in [0.1, 0.15) is 18.4 Å². The third-order valence-electron chi connectivity index (χ3n) is 5.58. The highest BCUT2D eigenvalue weighted by Crippen LogP contribution is 2.24. The first-order valence-electron chi connectivity index (χ1n) is 10.7. The fourth-order valence-electron chi connectivity index (χ4n) is 3.68. The Morgan fingerprint density at radius 3 is 2.64 bits per heavy atom. The molecular weight excluding hydrogens is 440 g/mol.